The van der Waals surface area contributed by atoms with Crippen molar-refractivity contribution in [2.45, 2.75) is 20.8 Å². The highest BCUT2D eigenvalue weighted by Gasteiger charge is 2.10. The largest absolute Gasteiger partial charge is 0.358 e. The van der Waals surface area contributed by atoms with Gasteiger partial charge in [0.1, 0.15) is 4.32 Å². The van der Waals surface area contributed by atoms with Crippen LogP contribution in [0.4, 0.5) is 5.69 Å². The second-order valence-electron chi connectivity index (χ2n) is 4.26. The van der Waals surface area contributed by atoms with Crippen molar-refractivity contribution in [1.29, 1.82) is 0 Å². The number of hydrogen-bond acceptors (Lipinski definition) is 3. The SMILES string of the molecule is CCN(CC)C(=S)SCC(=O)Nc1ccc(C)cc1Br. The monoisotopic (exact) mass is 374 g/mol. The van der Waals surface area contributed by atoms with Gasteiger partial charge in [-0.05, 0) is 54.4 Å². The molecule has 0 atom stereocenters. The van der Waals surface area contributed by atoms with E-state index in [1.54, 1.807) is 0 Å². The third kappa shape index (κ3) is 5.42. The fraction of sp³-hybridized carbons (Fsp3) is 0.429. The van der Waals surface area contributed by atoms with Gasteiger partial charge in [0.25, 0.3) is 0 Å². The van der Waals surface area contributed by atoms with Crippen molar-refractivity contribution in [1.82, 2.24) is 4.90 Å². The van der Waals surface area contributed by atoms with Crippen molar-refractivity contribution in [2.24, 2.45) is 0 Å². The number of anilines is 1. The van der Waals surface area contributed by atoms with E-state index in [0.717, 1.165) is 33.1 Å². The van der Waals surface area contributed by atoms with Crippen LogP contribution in [0.1, 0.15) is 19.4 Å². The van der Waals surface area contributed by atoms with E-state index >= 15 is 0 Å². The van der Waals surface area contributed by atoms with Crippen molar-refractivity contribution in [3.8, 4) is 0 Å². The van der Waals surface area contributed by atoms with Gasteiger partial charge in [0.2, 0.25) is 5.91 Å². The molecule has 110 valence electrons. The number of nitrogens with zero attached hydrogens (tertiary/aromatic N) is 1. The number of thiocarbonyl (C=S) groups is 1. The van der Waals surface area contributed by atoms with Gasteiger partial charge in [0.05, 0.1) is 11.4 Å². The molecule has 0 radical (unpaired) electrons. The standard InChI is InChI=1S/C14H19BrN2OS2/c1-4-17(5-2)14(19)20-9-13(18)16-12-7-6-10(3)8-11(12)15/h6-8H,4-5,9H2,1-3H3,(H,16,18). The molecule has 1 amide bonds. The Bertz CT molecular complexity index is 490. The van der Waals surface area contributed by atoms with Crippen LogP contribution in [-0.4, -0.2) is 34.0 Å². The van der Waals surface area contributed by atoms with Gasteiger partial charge in [-0.15, -0.1) is 0 Å². The molecule has 0 fully saturated rings. The molecule has 0 heterocycles. The van der Waals surface area contributed by atoms with Gasteiger partial charge in [-0.1, -0.05) is 30.0 Å². The summed E-state index contributed by atoms with van der Waals surface area (Å²) in [4.78, 5) is 14.0. The lowest BCUT2D eigenvalue weighted by Gasteiger charge is -2.20. The lowest BCUT2D eigenvalue weighted by Crippen LogP contribution is -2.28. The minimum atomic E-state index is -0.0472. The average Bonchev–Trinajstić information content (AvgIpc) is 2.41. The quantitative estimate of drug-likeness (QED) is 0.787. The number of hydrogen-bond donors (Lipinski definition) is 1. The zero-order chi connectivity index (χ0) is 15.1. The van der Waals surface area contributed by atoms with E-state index in [1.807, 2.05) is 25.1 Å². The Hall–Kier alpha value is -0.590. The van der Waals surface area contributed by atoms with Crippen molar-refractivity contribution in [3.05, 3.63) is 28.2 Å². The lowest BCUT2D eigenvalue weighted by atomic mass is 10.2. The zero-order valence-corrected chi connectivity index (χ0v) is 15.1. The van der Waals surface area contributed by atoms with Crippen LogP contribution >= 0.6 is 39.9 Å². The first-order valence-corrected chi connectivity index (χ1v) is 8.64. The summed E-state index contributed by atoms with van der Waals surface area (Å²) < 4.78 is 1.66. The fourth-order valence-electron chi connectivity index (χ4n) is 1.61. The molecule has 0 spiro atoms. The summed E-state index contributed by atoms with van der Waals surface area (Å²) in [5, 5.41) is 2.88. The molecular weight excluding hydrogens is 356 g/mol. The van der Waals surface area contributed by atoms with Crippen LogP contribution in [0.2, 0.25) is 0 Å². The van der Waals surface area contributed by atoms with Crippen LogP contribution in [0.25, 0.3) is 0 Å². The highest BCUT2D eigenvalue weighted by molar-refractivity contribution is 9.10. The number of halogens is 1. The molecule has 1 aromatic carbocycles. The Kier molecular flexibility index (Phi) is 7.55. The fourth-order valence-corrected chi connectivity index (χ4v) is 3.40. The van der Waals surface area contributed by atoms with E-state index < -0.39 is 0 Å². The predicted octanol–water partition coefficient (Wildman–Crippen LogP) is 4.06. The molecule has 1 rings (SSSR count). The summed E-state index contributed by atoms with van der Waals surface area (Å²) in [5.41, 5.74) is 1.93. The Labute approximate surface area is 138 Å². The smallest absolute Gasteiger partial charge is 0.234 e. The molecule has 0 bridgehead atoms. The third-order valence-electron chi connectivity index (χ3n) is 2.75. The minimum Gasteiger partial charge on any atom is -0.358 e. The van der Waals surface area contributed by atoms with Crippen LogP contribution < -0.4 is 5.32 Å². The second-order valence-corrected chi connectivity index (χ2v) is 6.72. The highest BCUT2D eigenvalue weighted by atomic mass is 79.9. The first-order chi connectivity index (χ1) is 9.47. The molecule has 0 aliphatic rings. The van der Waals surface area contributed by atoms with Gasteiger partial charge in [-0.2, -0.15) is 0 Å². The Balaban J connectivity index is 2.50. The van der Waals surface area contributed by atoms with Crippen molar-refractivity contribution < 1.29 is 4.79 Å². The van der Waals surface area contributed by atoms with Gasteiger partial charge in [0.15, 0.2) is 0 Å². The van der Waals surface area contributed by atoms with Gasteiger partial charge >= 0.3 is 0 Å². The normalized spacial score (nSPS) is 10.2. The second kappa shape index (κ2) is 8.64. The summed E-state index contributed by atoms with van der Waals surface area (Å²) in [5.74, 6) is 0.282. The summed E-state index contributed by atoms with van der Waals surface area (Å²) in [7, 11) is 0. The molecule has 0 unspecified atom stereocenters. The summed E-state index contributed by atoms with van der Waals surface area (Å²) >= 11 is 10.1. The number of nitrogens with one attached hydrogen (secondary N) is 1. The highest BCUT2D eigenvalue weighted by Crippen LogP contribution is 2.23. The molecule has 20 heavy (non-hydrogen) atoms. The molecule has 0 aliphatic heterocycles. The Morgan fingerprint density at radius 1 is 1.40 bits per heavy atom. The van der Waals surface area contributed by atoms with Crippen LogP contribution in [0.5, 0.6) is 0 Å². The number of carbonyl (C=O) groups excluding carboxylic acids is 1. The molecule has 3 nitrogen and oxygen atoms in total. The molecule has 1 N–H and O–H groups in total. The molecule has 1 aromatic rings. The first kappa shape index (κ1) is 17.5. The Morgan fingerprint density at radius 2 is 2.05 bits per heavy atom. The van der Waals surface area contributed by atoms with Crippen LogP contribution in [-0.2, 0) is 4.79 Å². The van der Waals surface area contributed by atoms with E-state index in [2.05, 4.69) is 40.0 Å². The van der Waals surface area contributed by atoms with Crippen LogP contribution in [0.3, 0.4) is 0 Å². The van der Waals surface area contributed by atoms with Crippen molar-refractivity contribution in [3.63, 3.8) is 0 Å². The van der Waals surface area contributed by atoms with Crippen molar-refractivity contribution >= 4 is 55.8 Å². The number of amides is 1. The van der Waals surface area contributed by atoms with E-state index in [-0.39, 0.29) is 5.91 Å². The number of carbonyl (C=O) groups is 1. The molecular formula is C14H19BrN2OS2. The van der Waals surface area contributed by atoms with Crippen LogP contribution in [0, 0.1) is 6.92 Å². The Morgan fingerprint density at radius 3 is 2.60 bits per heavy atom. The summed E-state index contributed by atoms with van der Waals surface area (Å²) in [6.07, 6.45) is 0. The summed E-state index contributed by atoms with van der Waals surface area (Å²) in [6.45, 7) is 7.86. The van der Waals surface area contributed by atoms with Crippen LogP contribution in [0.15, 0.2) is 22.7 Å². The number of rotatable bonds is 5. The topological polar surface area (TPSA) is 32.3 Å². The van der Waals surface area contributed by atoms with Gasteiger partial charge < -0.3 is 10.2 Å². The lowest BCUT2D eigenvalue weighted by molar-refractivity contribution is -0.113. The molecule has 0 aliphatic carbocycles. The molecule has 0 aromatic heterocycles. The first-order valence-electron chi connectivity index (χ1n) is 6.45. The van der Waals surface area contributed by atoms with Gasteiger partial charge in [-0.25, -0.2) is 0 Å². The number of aryl methyl sites for hydroxylation is 1. The molecule has 0 saturated carbocycles. The van der Waals surface area contributed by atoms with Gasteiger partial charge in [0, 0.05) is 17.6 Å². The zero-order valence-electron chi connectivity index (χ0n) is 11.9. The predicted molar refractivity (Wildman–Crippen MR) is 95.5 cm³/mol. The maximum absolute atomic E-state index is 11.9. The summed E-state index contributed by atoms with van der Waals surface area (Å²) in [6, 6.07) is 5.84. The van der Waals surface area contributed by atoms with Gasteiger partial charge in [-0.3, -0.25) is 4.79 Å². The number of benzene rings is 1. The van der Waals surface area contributed by atoms with Crippen molar-refractivity contribution in [2.75, 3.05) is 24.2 Å². The third-order valence-corrected chi connectivity index (χ3v) is 4.93. The maximum atomic E-state index is 11.9. The molecule has 0 saturated heterocycles. The minimum absolute atomic E-state index is 0.0472. The van der Waals surface area contributed by atoms with E-state index in [4.69, 9.17) is 12.2 Å². The van der Waals surface area contributed by atoms with E-state index in [0.29, 0.717) is 5.75 Å². The maximum Gasteiger partial charge on any atom is 0.234 e. The molecule has 6 heteroatoms. The average molecular weight is 375 g/mol. The van der Waals surface area contributed by atoms with E-state index in [1.165, 1.54) is 11.8 Å². The number of thioether (sulfide) groups is 1. The van der Waals surface area contributed by atoms with E-state index in [9.17, 15) is 4.79 Å².